The number of thioether (sulfide) groups is 1. The van der Waals surface area contributed by atoms with Gasteiger partial charge in [-0.15, -0.1) is 0 Å². The summed E-state index contributed by atoms with van der Waals surface area (Å²) in [5.41, 5.74) is 4.07. The molecule has 2 aliphatic rings. The Morgan fingerprint density at radius 3 is 2.74 bits per heavy atom. The van der Waals surface area contributed by atoms with Crippen LogP contribution in [0.5, 0.6) is 5.75 Å². The van der Waals surface area contributed by atoms with Gasteiger partial charge >= 0.3 is 5.97 Å². The van der Waals surface area contributed by atoms with Crippen LogP contribution in [0.15, 0.2) is 71.1 Å². The molecule has 2 aromatic carbocycles. The summed E-state index contributed by atoms with van der Waals surface area (Å²) in [6.45, 7) is 4.19. The Morgan fingerprint density at radius 1 is 1.21 bits per heavy atom. The number of hydrogen-bond acceptors (Lipinski definition) is 6. The number of hydrogen-bond donors (Lipinski definition) is 2. The number of rotatable bonds is 7. The van der Waals surface area contributed by atoms with Gasteiger partial charge in [0.05, 0.1) is 5.57 Å². The number of allylic oxidation sites excluding steroid dienone is 3. The number of nitrogens with one attached hydrogen (secondary N) is 1. The first kappa shape index (κ1) is 24.4. The first-order valence-electron chi connectivity index (χ1n) is 11.4. The lowest BCUT2D eigenvalue weighted by molar-refractivity contribution is -0.138. The molecule has 2 unspecified atom stereocenters. The summed E-state index contributed by atoms with van der Waals surface area (Å²) in [6.07, 6.45) is 0.904. The van der Waals surface area contributed by atoms with E-state index in [-0.39, 0.29) is 17.5 Å². The second-order valence-corrected chi connectivity index (χ2v) is 10.3. The fourth-order valence-electron chi connectivity index (χ4n) is 4.79. The van der Waals surface area contributed by atoms with Crippen LogP contribution in [0, 0.1) is 0 Å². The predicted octanol–water partition coefficient (Wildman–Crippen LogP) is 5.70. The summed E-state index contributed by atoms with van der Waals surface area (Å²) >= 11 is 8.14. The Hall–Kier alpha value is -2.70. The first-order valence-corrected chi connectivity index (χ1v) is 13.0. The van der Waals surface area contributed by atoms with E-state index in [1.165, 1.54) is 0 Å². The normalized spacial score (nSPS) is 20.1. The molecule has 0 aromatic heterocycles. The van der Waals surface area contributed by atoms with Crippen molar-refractivity contribution in [2.24, 2.45) is 0 Å². The summed E-state index contributed by atoms with van der Waals surface area (Å²) in [6, 6.07) is 14.3. The van der Waals surface area contributed by atoms with E-state index >= 15 is 0 Å². The van der Waals surface area contributed by atoms with Crippen LogP contribution >= 0.6 is 23.4 Å². The minimum absolute atomic E-state index is 0.0358. The van der Waals surface area contributed by atoms with Crippen molar-refractivity contribution in [2.75, 3.05) is 18.1 Å². The van der Waals surface area contributed by atoms with Crippen LogP contribution < -0.4 is 5.32 Å². The maximum absolute atomic E-state index is 13.6. The van der Waals surface area contributed by atoms with Crippen molar-refractivity contribution in [3.63, 3.8) is 0 Å². The molecule has 7 heteroatoms. The molecule has 1 aliphatic carbocycles. The number of halogens is 1. The van der Waals surface area contributed by atoms with Crippen molar-refractivity contribution in [2.45, 2.75) is 38.5 Å². The molecule has 0 saturated carbocycles. The third-order valence-electron chi connectivity index (χ3n) is 6.26. The van der Waals surface area contributed by atoms with Gasteiger partial charge in [0.15, 0.2) is 5.78 Å². The molecule has 0 fully saturated rings. The minimum atomic E-state index is -0.602. The fourth-order valence-corrected chi connectivity index (χ4v) is 5.57. The van der Waals surface area contributed by atoms with Gasteiger partial charge in [-0.25, -0.2) is 4.79 Å². The predicted molar refractivity (Wildman–Crippen MR) is 136 cm³/mol. The SMILES string of the molecule is CCSCCOC(=O)C1=C(C)NC2=C(C(=O)CC(c3ccccc3Cl)C2)C1c1cccc(O)c1. The quantitative estimate of drug-likeness (QED) is 0.377. The van der Waals surface area contributed by atoms with Crippen LogP contribution in [0.3, 0.4) is 0 Å². The maximum atomic E-state index is 13.6. The van der Waals surface area contributed by atoms with Gasteiger partial charge < -0.3 is 15.2 Å². The number of ether oxygens (including phenoxy) is 1. The summed E-state index contributed by atoms with van der Waals surface area (Å²) in [7, 11) is 0. The zero-order valence-electron chi connectivity index (χ0n) is 19.3. The van der Waals surface area contributed by atoms with E-state index in [0.29, 0.717) is 52.6 Å². The lowest BCUT2D eigenvalue weighted by atomic mass is 9.71. The number of dihydropyridines is 1. The molecule has 1 aliphatic heterocycles. The van der Waals surface area contributed by atoms with Gasteiger partial charge in [-0.3, -0.25) is 4.79 Å². The van der Waals surface area contributed by atoms with Gasteiger partial charge in [0, 0.05) is 40.1 Å². The van der Waals surface area contributed by atoms with Crippen molar-refractivity contribution in [3.8, 4) is 5.75 Å². The van der Waals surface area contributed by atoms with E-state index in [4.69, 9.17) is 16.3 Å². The van der Waals surface area contributed by atoms with Crippen molar-refractivity contribution >= 4 is 35.1 Å². The lowest BCUT2D eigenvalue weighted by Crippen LogP contribution is -2.36. The van der Waals surface area contributed by atoms with Crippen molar-refractivity contribution in [1.29, 1.82) is 0 Å². The second kappa shape index (κ2) is 10.7. The molecule has 5 nitrogen and oxygen atoms in total. The standard InChI is InChI=1S/C27H28ClNO4S/c1-3-34-12-11-33-27(32)24-16(2)29-22-14-18(20-9-4-5-10-21(20)28)15-23(31)26(22)25(24)17-7-6-8-19(30)13-17/h4-10,13,18,25,29-30H,3,11-12,14-15H2,1-2H3. The van der Waals surface area contributed by atoms with E-state index in [0.717, 1.165) is 17.0 Å². The van der Waals surface area contributed by atoms with Crippen molar-refractivity contribution in [1.82, 2.24) is 5.32 Å². The van der Waals surface area contributed by atoms with Crippen LogP contribution in [-0.2, 0) is 14.3 Å². The number of esters is 1. The van der Waals surface area contributed by atoms with E-state index in [2.05, 4.69) is 12.2 Å². The fraction of sp³-hybridized carbons (Fsp3) is 0.333. The number of carbonyl (C=O) groups is 2. The van der Waals surface area contributed by atoms with Gasteiger partial charge in [0.2, 0.25) is 0 Å². The highest BCUT2D eigenvalue weighted by Crippen LogP contribution is 2.46. The summed E-state index contributed by atoms with van der Waals surface area (Å²) < 4.78 is 5.59. The highest BCUT2D eigenvalue weighted by Gasteiger charge is 2.41. The topological polar surface area (TPSA) is 75.6 Å². The van der Waals surface area contributed by atoms with Crippen LogP contribution in [0.4, 0.5) is 0 Å². The van der Waals surface area contributed by atoms with Crippen LogP contribution in [-0.4, -0.2) is 35.0 Å². The Bertz CT molecular complexity index is 1170. The lowest BCUT2D eigenvalue weighted by Gasteiger charge is -2.37. The average molecular weight is 498 g/mol. The number of Topliss-reactive ketones (excluding diaryl/α,β-unsaturated/α-hetero) is 1. The van der Waals surface area contributed by atoms with Gasteiger partial charge in [0.25, 0.3) is 0 Å². The molecule has 2 aromatic rings. The van der Waals surface area contributed by atoms with Crippen molar-refractivity contribution in [3.05, 3.63) is 87.2 Å². The number of carbonyl (C=O) groups excluding carboxylic acids is 2. The molecule has 1 heterocycles. The zero-order chi connectivity index (χ0) is 24.2. The number of phenolic OH excluding ortho intramolecular Hbond substituents is 1. The van der Waals surface area contributed by atoms with Gasteiger partial charge in [-0.05, 0) is 54.3 Å². The molecule has 4 rings (SSSR count). The van der Waals surface area contributed by atoms with Crippen LogP contribution in [0.2, 0.25) is 5.02 Å². The number of phenols is 1. The zero-order valence-corrected chi connectivity index (χ0v) is 20.8. The molecule has 0 radical (unpaired) electrons. The summed E-state index contributed by atoms with van der Waals surface area (Å²) in [5, 5.41) is 14.1. The van der Waals surface area contributed by atoms with E-state index in [1.807, 2.05) is 37.3 Å². The Kier molecular flexibility index (Phi) is 7.69. The summed E-state index contributed by atoms with van der Waals surface area (Å²) in [5.74, 6) is 0.614. The molecule has 0 amide bonds. The highest BCUT2D eigenvalue weighted by atomic mass is 35.5. The third-order valence-corrected chi connectivity index (χ3v) is 7.47. The largest absolute Gasteiger partial charge is 0.508 e. The second-order valence-electron chi connectivity index (χ2n) is 8.47. The highest BCUT2D eigenvalue weighted by molar-refractivity contribution is 7.99. The molecule has 0 bridgehead atoms. The molecule has 0 spiro atoms. The van der Waals surface area contributed by atoms with E-state index in [9.17, 15) is 14.7 Å². The maximum Gasteiger partial charge on any atom is 0.336 e. The summed E-state index contributed by atoms with van der Waals surface area (Å²) in [4.78, 5) is 26.8. The molecule has 178 valence electrons. The molecular formula is C27H28ClNO4S. The molecule has 34 heavy (non-hydrogen) atoms. The molecular weight excluding hydrogens is 470 g/mol. The monoisotopic (exact) mass is 497 g/mol. The Morgan fingerprint density at radius 2 is 2.00 bits per heavy atom. The average Bonchev–Trinajstić information content (AvgIpc) is 2.81. The molecule has 2 N–H and O–H groups in total. The van der Waals surface area contributed by atoms with Crippen molar-refractivity contribution < 1.29 is 19.4 Å². The third kappa shape index (κ3) is 5.03. The van der Waals surface area contributed by atoms with Gasteiger partial charge in [-0.2, -0.15) is 11.8 Å². The van der Waals surface area contributed by atoms with E-state index < -0.39 is 11.9 Å². The Labute approximate surface area is 209 Å². The number of ketones is 1. The smallest absolute Gasteiger partial charge is 0.336 e. The van der Waals surface area contributed by atoms with Crippen LogP contribution in [0.1, 0.15) is 49.7 Å². The Balaban J connectivity index is 1.73. The van der Waals surface area contributed by atoms with Gasteiger partial charge in [-0.1, -0.05) is 48.9 Å². The van der Waals surface area contributed by atoms with Crippen LogP contribution in [0.25, 0.3) is 0 Å². The number of benzene rings is 2. The van der Waals surface area contributed by atoms with Gasteiger partial charge in [0.1, 0.15) is 12.4 Å². The van der Waals surface area contributed by atoms with E-state index in [1.54, 1.807) is 30.0 Å². The molecule has 2 atom stereocenters. The minimum Gasteiger partial charge on any atom is -0.508 e. The number of aromatic hydroxyl groups is 1. The molecule has 0 saturated heterocycles. The first-order chi connectivity index (χ1) is 16.4.